The van der Waals surface area contributed by atoms with Crippen LogP contribution < -0.4 is 5.73 Å². The summed E-state index contributed by atoms with van der Waals surface area (Å²) in [5, 5.41) is 4.18. The lowest BCUT2D eigenvalue weighted by molar-refractivity contribution is 0.590. The van der Waals surface area contributed by atoms with Gasteiger partial charge in [0, 0.05) is 23.4 Å². The highest BCUT2D eigenvalue weighted by atomic mass is 32.2. The second-order valence-electron chi connectivity index (χ2n) is 3.92. The minimum absolute atomic E-state index is 0.142. The van der Waals surface area contributed by atoms with Gasteiger partial charge in [0.15, 0.2) is 0 Å². The van der Waals surface area contributed by atoms with Gasteiger partial charge in [-0.1, -0.05) is 12.1 Å². The van der Waals surface area contributed by atoms with E-state index in [9.17, 15) is 4.39 Å². The first-order valence-corrected chi connectivity index (χ1v) is 6.85. The standard InChI is InChI=1S/C13H16FN3S/c1-2-17-12(7-8-16-17)11(15)9-18-13-6-4-3-5-10(13)14/h3-8,11H,2,9,15H2,1H3. The summed E-state index contributed by atoms with van der Waals surface area (Å²) in [6, 6.07) is 8.51. The van der Waals surface area contributed by atoms with Crippen molar-refractivity contribution in [2.45, 2.75) is 24.4 Å². The summed E-state index contributed by atoms with van der Waals surface area (Å²) in [6.45, 7) is 2.81. The van der Waals surface area contributed by atoms with Crippen molar-refractivity contribution < 1.29 is 4.39 Å². The Morgan fingerprint density at radius 2 is 2.17 bits per heavy atom. The van der Waals surface area contributed by atoms with E-state index in [2.05, 4.69) is 5.10 Å². The number of nitrogens with two attached hydrogens (primary N) is 1. The quantitative estimate of drug-likeness (QED) is 0.845. The number of thioether (sulfide) groups is 1. The average molecular weight is 265 g/mol. The summed E-state index contributed by atoms with van der Waals surface area (Å²) in [7, 11) is 0. The van der Waals surface area contributed by atoms with Crippen LogP contribution in [-0.2, 0) is 6.54 Å². The third kappa shape index (κ3) is 2.91. The molecule has 0 amide bonds. The number of rotatable bonds is 5. The van der Waals surface area contributed by atoms with Crippen LogP contribution in [0.1, 0.15) is 18.7 Å². The maximum Gasteiger partial charge on any atom is 0.136 e. The van der Waals surface area contributed by atoms with Crippen molar-refractivity contribution in [3.63, 3.8) is 0 Å². The molecule has 1 heterocycles. The zero-order valence-electron chi connectivity index (χ0n) is 10.2. The molecule has 1 aromatic carbocycles. The summed E-state index contributed by atoms with van der Waals surface area (Å²) >= 11 is 1.43. The molecule has 5 heteroatoms. The molecular formula is C13H16FN3S. The molecule has 3 nitrogen and oxygen atoms in total. The van der Waals surface area contributed by atoms with Crippen LogP contribution in [0.25, 0.3) is 0 Å². The molecule has 2 N–H and O–H groups in total. The molecule has 2 aromatic rings. The van der Waals surface area contributed by atoms with E-state index in [1.807, 2.05) is 23.7 Å². The lowest BCUT2D eigenvalue weighted by atomic mass is 10.2. The Morgan fingerprint density at radius 3 is 2.89 bits per heavy atom. The first-order valence-electron chi connectivity index (χ1n) is 5.87. The lowest BCUT2D eigenvalue weighted by Gasteiger charge is -2.13. The van der Waals surface area contributed by atoms with Crippen molar-refractivity contribution in [1.29, 1.82) is 0 Å². The molecule has 0 bridgehead atoms. The molecule has 0 aliphatic heterocycles. The number of aryl methyl sites for hydroxylation is 1. The van der Waals surface area contributed by atoms with E-state index in [0.29, 0.717) is 10.6 Å². The van der Waals surface area contributed by atoms with Crippen LogP contribution in [-0.4, -0.2) is 15.5 Å². The van der Waals surface area contributed by atoms with E-state index >= 15 is 0 Å². The average Bonchev–Trinajstić information content (AvgIpc) is 2.86. The minimum Gasteiger partial charge on any atom is -0.322 e. The lowest BCUT2D eigenvalue weighted by Crippen LogP contribution is -2.18. The van der Waals surface area contributed by atoms with Crippen LogP contribution in [0.2, 0.25) is 0 Å². The van der Waals surface area contributed by atoms with Crippen molar-refractivity contribution in [2.24, 2.45) is 5.73 Å². The van der Waals surface area contributed by atoms with E-state index in [4.69, 9.17) is 5.73 Å². The van der Waals surface area contributed by atoms with Gasteiger partial charge in [0.2, 0.25) is 0 Å². The zero-order chi connectivity index (χ0) is 13.0. The molecule has 0 aliphatic rings. The predicted octanol–water partition coefficient (Wildman–Crippen LogP) is 2.83. The first kappa shape index (κ1) is 13.1. The maximum absolute atomic E-state index is 13.4. The Kier molecular flexibility index (Phi) is 4.38. The molecule has 1 atom stereocenters. The monoisotopic (exact) mass is 265 g/mol. The topological polar surface area (TPSA) is 43.8 Å². The van der Waals surface area contributed by atoms with Gasteiger partial charge in [0.25, 0.3) is 0 Å². The predicted molar refractivity (Wildman–Crippen MR) is 72.0 cm³/mol. The van der Waals surface area contributed by atoms with Gasteiger partial charge in [-0.15, -0.1) is 11.8 Å². The van der Waals surface area contributed by atoms with Crippen molar-refractivity contribution in [1.82, 2.24) is 9.78 Å². The molecule has 1 aromatic heterocycles. The number of benzene rings is 1. The molecule has 2 rings (SSSR count). The molecule has 18 heavy (non-hydrogen) atoms. The molecule has 0 radical (unpaired) electrons. The van der Waals surface area contributed by atoms with Gasteiger partial charge < -0.3 is 5.73 Å². The molecule has 1 unspecified atom stereocenters. The summed E-state index contributed by atoms with van der Waals surface area (Å²) in [4.78, 5) is 0.635. The van der Waals surface area contributed by atoms with E-state index in [1.54, 1.807) is 18.3 Å². The van der Waals surface area contributed by atoms with Crippen LogP contribution in [0.15, 0.2) is 41.4 Å². The number of nitrogens with zero attached hydrogens (tertiary/aromatic N) is 2. The molecule has 0 spiro atoms. The van der Waals surface area contributed by atoms with Crippen molar-refractivity contribution >= 4 is 11.8 Å². The van der Waals surface area contributed by atoms with E-state index < -0.39 is 0 Å². The Bertz CT molecular complexity index is 512. The van der Waals surface area contributed by atoms with Crippen molar-refractivity contribution in [3.05, 3.63) is 48.0 Å². The zero-order valence-corrected chi connectivity index (χ0v) is 11.0. The third-order valence-electron chi connectivity index (χ3n) is 2.68. The number of hydrogen-bond acceptors (Lipinski definition) is 3. The van der Waals surface area contributed by atoms with Gasteiger partial charge in [0.05, 0.1) is 11.7 Å². The fourth-order valence-electron chi connectivity index (χ4n) is 1.75. The maximum atomic E-state index is 13.4. The Labute approximate surface area is 110 Å². The molecule has 0 saturated carbocycles. The Morgan fingerprint density at radius 1 is 1.39 bits per heavy atom. The smallest absolute Gasteiger partial charge is 0.136 e. The molecule has 0 fully saturated rings. The van der Waals surface area contributed by atoms with Gasteiger partial charge >= 0.3 is 0 Å². The van der Waals surface area contributed by atoms with Gasteiger partial charge in [-0.3, -0.25) is 4.68 Å². The molecule has 96 valence electrons. The second-order valence-corrected chi connectivity index (χ2v) is 4.98. The number of hydrogen-bond donors (Lipinski definition) is 1. The van der Waals surface area contributed by atoms with Gasteiger partial charge in [0.1, 0.15) is 5.82 Å². The van der Waals surface area contributed by atoms with Crippen LogP contribution >= 0.6 is 11.8 Å². The van der Waals surface area contributed by atoms with Crippen LogP contribution in [0.4, 0.5) is 4.39 Å². The normalized spacial score (nSPS) is 12.6. The summed E-state index contributed by atoms with van der Waals surface area (Å²) in [5.41, 5.74) is 7.10. The van der Waals surface area contributed by atoms with E-state index in [0.717, 1.165) is 12.2 Å². The molecular weight excluding hydrogens is 249 g/mol. The van der Waals surface area contributed by atoms with E-state index in [-0.39, 0.29) is 11.9 Å². The van der Waals surface area contributed by atoms with Crippen LogP contribution in [0.5, 0.6) is 0 Å². The van der Waals surface area contributed by atoms with Crippen LogP contribution in [0.3, 0.4) is 0 Å². The summed E-state index contributed by atoms with van der Waals surface area (Å²) in [6.07, 6.45) is 1.74. The SMILES string of the molecule is CCn1nccc1C(N)CSc1ccccc1F. The van der Waals surface area contributed by atoms with Gasteiger partial charge in [-0.2, -0.15) is 5.10 Å². The second kappa shape index (κ2) is 6.02. The molecule has 0 aliphatic carbocycles. The third-order valence-corrected chi connectivity index (χ3v) is 3.85. The highest BCUT2D eigenvalue weighted by Gasteiger charge is 2.12. The number of aromatic nitrogens is 2. The summed E-state index contributed by atoms with van der Waals surface area (Å²) in [5.74, 6) is 0.436. The largest absolute Gasteiger partial charge is 0.322 e. The van der Waals surface area contributed by atoms with E-state index in [1.165, 1.54) is 17.8 Å². The van der Waals surface area contributed by atoms with Crippen molar-refractivity contribution in [2.75, 3.05) is 5.75 Å². The van der Waals surface area contributed by atoms with Gasteiger partial charge in [-0.05, 0) is 25.1 Å². The fraction of sp³-hybridized carbons (Fsp3) is 0.308. The minimum atomic E-state index is -0.196. The Balaban J connectivity index is 2.01. The fourth-order valence-corrected chi connectivity index (χ4v) is 2.66. The molecule has 0 saturated heterocycles. The Hall–Kier alpha value is -1.33. The first-order chi connectivity index (χ1) is 8.72. The van der Waals surface area contributed by atoms with Crippen LogP contribution in [0, 0.1) is 5.82 Å². The summed E-state index contributed by atoms with van der Waals surface area (Å²) < 4.78 is 15.3. The van der Waals surface area contributed by atoms with Gasteiger partial charge in [-0.25, -0.2) is 4.39 Å². The highest BCUT2D eigenvalue weighted by molar-refractivity contribution is 7.99. The number of halogens is 1. The highest BCUT2D eigenvalue weighted by Crippen LogP contribution is 2.25. The van der Waals surface area contributed by atoms with Crippen molar-refractivity contribution in [3.8, 4) is 0 Å².